The van der Waals surface area contributed by atoms with Crippen LogP contribution in [0.1, 0.15) is 46.6 Å². The van der Waals surface area contributed by atoms with Crippen molar-refractivity contribution in [3.05, 3.63) is 32.8 Å². The fourth-order valence-electron chi connectivity index (χ4n) is 2.42. The molecule has 0 bridgehead atoms. The van der Waals surface area contributed by atoms with Gasteiger partial charge in [-0.05, 0) is 38.8 Å². The minimum atomic E-state index is -0.512. The zero-order valence-electron chi connectivity index (χ0n) is 16.1. The van der Waals surface area contributed by atoms with Gasteiger partial charge in [0.15, 0.2) is 0 Å². The number of amides is 1. The van der Waals surface area contributed by atoms with Crippen LogP contribution in [0.3, 0.4) is 0 Å². The summed E-state index contributed by atoms with van der Waals surface area (Å²) in [5.74, 6) is 0.489. The van der Waals surface area contributed by atoms with E-state index in [2.05, 4.69) is 0 Å². The molecule has 0 radical (unpaired) electrons. The number of methoxy groups -OCH3 is 1. The van der Waals surface area contributed by atoms with Crippen molar-refractivity contribution in [3.63, 3.8) is 0 Å². The normalized spacial score (nSPS) is 14.2. The smallest absolute Gasteiger partial charge is 0.410 e. The van der Waals surface area contributed by atoms with Gasteiger partial charge in [-0.1, -0.05) is 54.7 Å². The molecule has 1 amide bonds. The van der Waals surface area contributed by atoms with Crippen LogP contribution in [0.5, 0.6) is 5.75 Å². The summed E-state index contributed by atoms with van der Waals surface area (Å²) < 4.78 is 10.8. The molecule has 1 aliphatic heterocycles. The number of rotatable bonds is 2. The molecule has 0 unspecified atom stereocenters. The molecule has 0 N–H and O–H groups in total. The van der Waals surface area contributed by atoms with E-state index >= 15 is 0 Å². The van der Waals surface area contributed by atoms with E-state index in [0.717, 1.165) is 11.1 Å². The molecule has 7 heteroatoms. The first kappa shape index (κ1) is 22.9. The molecule has 1 heterocycles. The second kappa shape index (κ2) is 9.72. The first-order valence-corrected chi connectivity index (χ1v) is 9.66. The Bertz CT molecular complexity index is 682. The lowest BCUT2D eigenvalue weighted by Crippen LogP contribution is -2.39. The summed E-state index contributed by atoms with van der Waals surface area (Å²) in [6.07, 6.45) is 2.27. The van der Waals surface area contributed by atoms with Crippen molar-refractivity contribution in [2.45, 2.75) is 46.6 Å². The predicted octanol–water partition coefficient (Wildman–Crippen LogP) is 6.71. The quantitative estimate of drug-likeness (QED) is 0.497. The van der Waals surface area contributed by atoms with Crippen molar-refractivity contribution in [2.24, 2.45) is 0 Å². The molecule has 1 aromatic rings. The van der Waals surface area contributed by atoms with Crippen molar-refractivity contribution < 1.29 is 14.3 Å². The van der Waals surface area contributed by atoms with E-state index in [-0.39, 0.29) is 16.1 Å². The highest BCUT2D eigenvalue weighted by atomic mass is 35.5. The number of carbonyl (C=O) groups is 1. The van der Waals surface area contributed by atoms with E-state index in [4.69, 9.17) is 44.3 Å². The molecule has 2 rings (SSSR count). The number of hydrogen-bond donors (Lipinski definition) is 0. The van der Waals surface area contributed by atoms with Gasteiger partial charge in [0.05, 0.1) is 17.2 Å². The Morgan fingerprint density at radius 3 is 2.23 bits per heavy atom. The lowest BCUT2D eigenvalue weighted by atomic mass is 9.98. The Morgan fingerprint density at radius 2 is 1.77 bits per heavy atom. The van der Waals surface area contributed by atoms with E-state index in [0.29, 0.717) is 30.3 Å². The van der Waals surface area contributed by atoms with Gasteiger partial charge in [-0.25, -0.2) is 4.79 Å². The third-order valence-electron chi connectivity index (χ3n) is 3.53. The Hall–Kier alpha value is -1.10. The van der Waals surface area contributed by atoms with Gasteiger partial charge in [-0.2, -0.15) is 0 Å². The fraction of sp³-hybridized carbons (Fsp3) is 0.526. The monoisotopic (exact) mass is 421 g/mol. The Morgan fingerprint density at radius 1 is 1.15 bits per heavy atom. The average molecular weight is 423 g/mol. The third kappa shape index (κ3) is 5.70. The van der Waals surface area contributed by atoms with Gasteiger partial charge in [-0.3, -0.25) is 0 Å². The first-order valence-electron chi connectivity index (χ1n) is 8.53. The SMILES string of the molecule is CC.COc1c(C2=CCN(C(=O)OC(C)(C)C)CC2)cc(Cl)c(Cl)c1Cl. The molecule has 0 aliphatic carbocycles. The zero-order chi connectivity index (χ0) is 20.1. The van der Waals surface area contributed by atoms with Crippen LogP contribution in [0.4, 0.5) is 4.79 Å². The molecule has 146 valence electrons. The summed E-state index contributed by atoms with van der Waals surface area (Å²) in [7, 11) is 1.53. The third-order valence-corrected chi connectivity index (χ3v) is 4.77. The number of halogens is 3. The van der Waals surface area contributed by atoms with Crippen molar-refractivity contribution in [1.82, 2.24) is 4.90 Å². The first-order chi connectivity index (χ1) is 12.1. The maximum absolute atomic E-state index is 12.1. The van der Waals surface area contributed by atoms with Crippen molar-refractivity contribution >= 4 is 46.5 Å². The number of benzene rings is 1. The molecule has 4 nitrogen and oxygen atoms in total. The molecule has 0 fully saturated rings. The zero-order valence-corrected chi connectivity index (χ0v) is 18.3. The van der Waals surface area contributed by atoms with Crippen molar-refractivity contribution in [2.75, 3.05) is 20.2 Å². The maximum atomic E-state index is 12.1. The van der Waals surface area contributed by atoms with Gasteiger partial charge in [-0.15, -0.1) is 0 Å². The second-order valence-electron chi connectivity index (χ2n) is 6.47. The lowest BCUT2D eigenvalue weighted by Gasteiger charge is -2.30. The van der Waals surface area contributed by atoms with E-state index in [1.54, 1.807) is 11.0 Å². The minimum Gasteiger partial charge on any atom is -0.494 e. The van der Waals surface area contributed by atoms with Crippen LogP contribution in [-0.4, -0.2) is 36.8 Å². The fourth-order valence-corrected chi connectivity index (χ4v) is 3.10. The number of hydrogen-bond acceptors (Lipinski definition) is 3. The summed E-state index contributed by atoms with van der Waals surface area (Å²) in [4.78, 5) is 13.8. The van der Waals surface area contributed by atoms with E-state index < -0.39 is 5.60 Å². The molecule has 0 saturated carbocycles. The molecule has 1 aromatic carbocycles. The lowest BCUT2D eigenvalue weighted by molar-refractivity contribution is 0.0270. The maximum Gasteiger partial charge on any atom is 0.410 e. The largest absolute Gasteiger partial charge is 0.494 e. The average Bonchev–Trinajstić information content (AvgIpc) is 2.60. The van der Waals surface area contributed by atoms with Crippen LogP contribution < -0.4 is 4.74 Å². The van der Waals surface area contributed by atoms with E-state index in [1.807, 2.05) is 40.7 Å². The predicted molar refractivity (Wildman–Crippen MR) is 110 cm³/mol. The van der Waals surface area contributed by atoms with Gasteiger partial charge in [0.2, 0.25) is 0 Å². The van der Waals surface area contributed by atoms with Crippen molar-refractivity contribution in [3.8, 4) is 5.75 Å². The molecule has 0 aromatic heterocycles. The van der Waals surface area contributed by atoms with Crippen LogP contribution in [0.15, 0.2) is 12.1 Å². The number of carbonyl (C=O) groups excluding carboxylic acids is 1. The van der Waals surface area contributed by atoms with E-state index in [1.165, 1.54) is 7.11 Å². The van der Waals surface area contributed by atoms with Gasteiger partial charge in [0, 0.05) is 18.7 Å². The molecule has 0 atom stereocenters. The molecular weight excluding hydrogens is 397 g/mol. The minimum absolute atomic E-state index is 0.269. The van der Waals surface area contributed by atoms with Gasteiger partial charge in [0.1, 0.15) is 16.4 Å². The van der Waals surface area contributed by atoms with Gasteiger partial charge < -0.3 is 14.4 Å². The Balaban J connectivity index is 0.00000163. The molecule has 0 saturated heterocycles. The Labute approximate surface area is 171 Å². The van der Waals surface area contributed by atoms with E-state index in [9.17, 15) is 4.79 Å². The number of nitrogens with zero attached hydrogens (tertiary/aromatic N) is 1. The van der Waals surface area contributed by atoms with Crippen LogP contribution in [0, 0.1) is 0 Å². The van der Waals surface area contributed by atoms with Crippen LogP contribution in [-0.2, 0) is 4.74 Å². The molecular formula is C19H26Cl3NO3. The molecule has 1 aliphatic rings. The summed E-state index contributed by atoms with van der Waals surface area (Å²) >= 11 is 18.4. The van der Waals surface area contributed by atoms with Crippen LogP contribution in [0.2, 0.25) is 15.1 Å². The summed E-state index contributed by atoms with van der Waals surface area (Å²) in [6, 6.07) is 1.74. The summed E-state index contributed by atoms with van der Waals surface area (Å²) in [5.41, 5.74) is 1.29. The van der Waals surface area contributed by atoms with Gasteiger partial charge >= 0.3 is 6.09 Å². The Kier molecular flexibility index (Phi) is 8.58. The van der Waals surface area contributed by atoms with Crippen LogP contribution in [0.25, 0.3) is 5.57 Å². The highest BCUT2D eigenvalue weighted by molar-refractivity contribution is 6.48. The highest BCUT2D eigenvalue weighted by Gasteiger charge is 2.25. The van der Waals surface area contributed by atoms with Crippen LogP contribution >= 0.6 is 34.8 Å². The highest BCUT2D eigenvalue weighted by Crippen LogP contribution is 2.43. The standard InChI is InChI=1S/C17H20Cl3NO3.C2H6/c1-17(2,3)24-16(22)21-7-5-10(6-8-21)11-9-12(18)13(19)14(20)15(11)23-4;1-2/h5,9H,6-8H2,1-4H3;1-2H3. The van der Waals surface area contributed by atoms with Gasteiger partial charge in [0.25, 0.3) is 0 Å². The number of ether oxygens (including phenoxy) is 2. The second-order valence-corrected chi connectivity index (χ2v) is 7.64. The summed E-state index contributed by atoms with van der Waals surface area (Å²) in [5, 5.41) is 0.927. The topological polar surface area (TPSA) is 38.8 Å². The van der Waals surface area contributed by atoms with Crippen molar-refractivity contribution in [1.29, 1.82) is 0 Å². The molecule has 0 spiro atoms. The summed E-state index contributed by atoms with van der Waals surface area (Å²) in [6.45, 7) is 10.5. The molecule has 26 heavy (non-hydrogen) atoms.